The van der Waals surface area contributed by atoms with E-state index in [4.69, 9.17) is 15.4 Å². The fourth-order valence-corrected chi connectivity index (χ4v) is 3.95. The van der Waals surface area contributed by atoms with Crippen molar-refractivity contribution >= 4 is 19.7 Å². The lowest BCUT2D eigenvalue weighted by Crippen LogP contribution is -2.33. The Kier molecular flexibility index (Phi) is 2.79. The SMILES string of the molecule is O=S(=O)(Cl)CC1OCCC12CCCC2. The number of halogens is 1. The molecule has 1 aliphatic carbocycles. The first-order valence-electron chi connectivity index (χ1n) is 5.06. The van der Waals surface area contributed by atoms with Crippen molar-refractivity contribution < 1.29 is 13.2 Å². The Labute approximate surface area is 89.2 Å². The van der Waals surface area contributed by atoms with E-state index in [9.17, 15) is 8.42 Å². The van der Waals surface area contributed by atoms with E-state index in [0.717, 1.165) is 19.3 Å². The summed E-state index contributed by atoms with van der Waals surface area (Å²) in [6.45, 7) is 0.692. The first-order valence-corrected chi connectivity index (χ1v) is 7.54. The Morgan fingerprint density at radius 2 is 1.93 bits per heavy atom. The summed E-state index contributed by atoms with van der Waals surface area (Å²) in [5.41, 5.74) is 0.127. The summed E-state index contributed by atoms with van der Waals surface area (Å²) in [6, 6.07) is 0. The molecule has 0 N–H and O–H groups in total. The zero-order valence-corrected chi connectivity index (χ0v) is 9.61. The minimum atomic E-state index is -3.42. The molecule has 82 valence electrons. The molecule has 1 atom stereocenters. The molecule has 1 heterocycles. The van der Waals surface area contributed by atoms with Crippen LogP contribution in [0.15, 0.2) is 0 Å². The molecule has 1 aliphatic heterocycles. The van der Waals surface area contributed by atoms with Gasteiger partial charge in [-0.3, -0.25) is 0 Å². The standard InChI is InChI=1S/C9H15ClO3S/c10-14(11,12)7-8-9(5-6-13-8)3-1-2-4-9/h8H,1-7H2. The summed E-state index contributed by atoms with van der Waals surface area (Å²) < 4.78 is 27.5. The van der Waals surface area contributed by atoms with Gasteiger partial charge in [0, 0.05) is 17.3 Å². The zero-order valence-electron chi connectivity index (χ0n) is 8.04. The molecule has 0 bridgehead atoms. The molecule has 0 aromatic heterocycles. The molecule has 14 heavy (non-hydrogen) atoms. The van der Waals surface area contributed by atoms with Gasteiger partial charge in [0.05, 0.1) is 11.9 Å². The van der Waals surface area contributed by atoms with Gasteiger partial charge in [0.15, 0.2) is 0 Å². The van der Waals surface area contributed by atoms with Crippen LogP contribution < -0.4 is 0 Å². The molecule has 0 aromatic carbocycles. The minimum absolute atomic E-state index is 0.0193. The summed E-state index contributed by atoms with van der Waals surface area (Å²) in [5, 5.41) is 0. The second-order valence-corrected chi connectivity index (χ2v) is 7.21. The highest BCUT2D eigenvalue weighted by Crippen LogP contribution is 2.49. The van der Waals surface area contributed by atoms with Crippen LogP contribution in [0.3, 0.4) is 0 Å². The Balaban J connectivity index is 2.11. The van der Waals surface area contributed by atoms with Gasteiger partial charge in [-0.15, -0.1) is 0 Å². The van der Waals surface area contributed by atoms with Crippen molar-refractivity contribution in [2.24, 2.45) is 5.41 Å². The van der Waals surface area contributed by atoms with Crippen LogP contribution in [-0.4, -0.2) is 26.9 Å². The molecule has 1 unspecified atom stereocenters. The van der Waals surface area contributed by atoms with Crippen LogP contribution in [0.4, 0.5) is 0 Å². The van der Waals surface area contributed by atoms with E-state index < -0.39 is 9.05 Å². The van der Waals surface area contributed by atoms with Gasteiger partial charge in [-0.2, -0.15) is 0 Å². The lowest BCUT2D eigenvalue weighted by Gasteiger charge is -2.28. The normalized spacial score (nSPS) is 31.4. The summed E-state index contributed by atoms with van der Waals surface area (Å²) in [5.74, 6) is -0.0193. The highest BCUT2D eigenvalue weighted by atomic mass is 35.7. The van der Waals surface area contributed by atoms with Crippen molar-refractivity contribution in [2.75, 3.05) is 12.4 Å². The Hall–Kier alpha value is 0.200. The van der Waals surface area contributed by atoms with E-state index in [1.807, 2.05) is 0 Å². The summed E-state index contributed by atoms with van der Waals surface area (Å²) in [4.78, 5) is 0. The molecule has 1 saturated heterocycles. The average molecular weight is 239 g/mol. The molecule has 3 nitrogen and oxygen atoms in total. The zero-order chi connectivity index (χ0) is 10.2. The van der Waals surface area contributed by atoms with Gasteiger partial charge in [-0.1, -0.05) is 12.8 Å². The molecule has 1 saturated carbocycles. The molecule has 0 aromatic rings. The molecule has 1 spiro atoms. The third-order valence-electron chi connectivity index (χ3n) is 3.55. The van der Waals surface area contributed by atoms with Crippen molar-refractivity contribution in [3.05, 3.63) is 0 Å². The van der Waals surface area contributed by atoms with Crippen LogP contribution in [0.5, 0.6) is 0 Å². The van der Waals surface area contributed by atoms with Gasteiger partial charge < -0.3 is 4.74 Å². The van der Waals surface area contributed by atoms with E-state index in [-0.39, 0.29) is 17.3 Å². The van der Waals surface area contributed by atoms with Gasteiger partial charge in [0.2, 0.25) is 9.05 Å². The van der Waals surface area contributed by atoms with E-state index in [0.29, 0.717) is 6.61 Å². The molecule has 5 heteroatoms. The lowest BCUT2D eigenvalue weighted by atomic mass is 9.80. The van der Waals surface area contributed by atoms with Crippen LogP contribution in [0.2, 0.25) is 0 Å². The topological polar surface area (TPSA) is 43.4 Å². The number of rotatable bonds is 2. The highest BCUT2D eigenvalue weighted by molar-refractivity contribution is 8.13. The van der Waals surface area contributed by atoms with E-state index >= 15 is 0 Å². The fraction of sp³-hybridized carbons (Fsp3) is 1.00. The molecule has 0 radical (unpaired) electrons. The Bertz CT molecular complexity index is 301. The predicted molar refractivity (Wildman–Crippen MR) is 54.9 cm³/mol. The van der Waals surface area contributed by atoms with Crippen LogP contribution in [0.25, 0.3) is 0 Å². The van der Waals surface area contributed by atoms with Crippen LogP contribution >= 0.6 is 10.7 Å². The third-order valence-corrected chi connectivity index (χ3v) is 4.63. The second kappa shape index (κ2) is 3.65. The predicted octanol–water partition coefficient (Wildman–Crippen LogP) is 1.90. The molecule has 2 aliphatic rings. The average Bonchev–Trinajstić information content (AvgIpc) is 2.62. The highest BCUT2D eigenvalue weighted by Gasteiger charge is 2.47. The van der Waals surface area contributed by atoms with Crippen molar-refractivity contribution in [1.29, 1.82) is 0 Å². The van der Waals surface area contributed by atoms with Crippen LogP contribution in [-0.2, 0) is 13.8 Å². The summed E-state index contributed by atoms with van der Waals surface area (Å²) >= 11 is 0. The van der Waals surface area contributed by atoms with Crippen LogP contribution in [0.1, 0.15) is 32.1 Å². The second-order valence-electron chi connectivity index (χ2n) is 4.38. The van der Waals surface area contributed by atoms with Crippen molar-refractivity contribution in [2.45, 2.75) is 38.2 Å². The molecular weight excluding hydrogens is 224 g/mol. The van der Waals surface area contributed by atoms with E-state index in [1.165, 1.54) is 12.8 Å². The van der Waals surface area contributed by atoms with Gasteiger partial charge in [-0.05, 0) is 24.7 Å². The van der Waals surface area contributed by atoms with Crippen molar-refractivity contribution in [1.82, 2.24) is 0 Å². The minimum Gasteiger partial charge on any atom is -0.377 e. The number of ether oxygens (including phenoxy) is 1. The van der Waals surface area contributed by atoms with Gasteiger partial charge >= 0.3 is 0 Å². The first kappa shape index (κ1) is 10.7. The maximum absolute atomic E-state index is 11.0. The van der Waals surface area contributed by atoms with Crippen LogP contribution in [0, 0.1) is 5.41 Å². The molecule has 2 fully saturated rings. The maximum atomic E-state index is 11.0. The van der Waals surface area contributed by atoms with E-state index in [1.54, 1.807) is 0 Å². The largest absolute Gasteiger partial charge is 0.377 e. The van der Waals surface area contributed by atoms with Gasteiger partial charge in [0.1, 0.15) is 0 Å². The molecular formula is C9H15ClO3S. The Morgan fingerprint density at radius 3 is 2.50 bits per heavy atom. The number of hydrogen-bond donors (Lipinski definition) is 0. The van der Waals surface area contributed by atoms with Gasteiger partial charge in [0.25, 0.3) is 0 Å². The molecule has 2 rings (SSSR count). The summed E-state index contributed by atoms with van der Waals surface area (Å²) in [7, 11) is 1.84. The Morgan fingerprint density at radius 1 is 1.29 bits per heavy atom. The fourth-order valence-electron chi connectivity index (χ4n) is 2.80. The van der Waals surface area contributed by atoms with Crippen molar-refractivity contribution in [3.8, 4) is 0 Å². The van der Waals surface area contributed by atoms with E-state index in [2.05, 4.69) is 0 Å². The summed E-state index contributed by atoms with van der Waals surface area (Å²) in [6.07, 6.45) is 5.44. The lowest BCUT2D eigenvalue weighted by molar-refractivity contribution is 0.0694. The molecule has 0 amide bonds. The number of hydrogen-bond acceptors (Lipinski definition) is 3. The maximum Gasteiger partial charge on any atom is 0.235 e. The quantitative estimate of drug-likeness (QED) is 0.691. The monoisotopic (exact) mass is 238 g/mol. The smallest absolute Gasteiger partial charge is 0.235 e. The van der Waals surface area contributed by atoms with Crippen molar-refractivity contribution in [3.63, 3.8) is 0 Å². The van der Waals surface area contributed by atoms with Gasteiger partial charge in [-0.25, -0.2) is 8.42 Å². The first-order chi connectivity index (χ1) is 6.52. The third kappa shape index (κ3) is 2.07.